The molecule has 2 aromatic carbocycles. The van der Waals surface area contributed by atoms with Crippen molar-refractivity contribution in [3.63, 3.8) is 0 Å². The van der Waals surface area contributed by atoms with Crippen LogP contribution < -0.4 is 20.3 Å². The van der Waals surface area contributed by atoms with Crippen LogP contribution in [0.5, 0.6) is 5.75 Å². The third-order valence-electron chi connectivity index (χ3n) is 4.05. The smallest absolute Gasteiger partial charge is 0.226 e. The Bertz CT molecular complexity index is 867. The van der Waals surface area contributed by atoms with Crippen LogP contribution in [0.2, 0.25) is 0 Å². The Morgan fingerprint density at radius 3 is 2.52 bits per heavy atom. The van der Waals surface area contributed by atoms with E-state index in [1.165, 1.54) is 5.56 Å². The van der Waals surface area contributed by atoms with Crippen molar-refractivity contribution in [2.45, 2.75) is 6.42 Å². The molecule has 2 N–H and O–H groups in total. The number of hydrogen-bond acceptors (Lipinski definition) is 6. The van der Waals surface area contributed by atoms with Gasteiger partial charge in [-0.1, -0.05) is 36.4 Å². The molecule has 0 saturated heterocycles. The van der Waals surface area contributed by atoms with Crippen LogP contribution in [0, 0.1) is 0 Å². The van der Waals surface area contributed by atoms with Crippen molar-refractivity contribution in [3.8, 4) is 5.75 Å². The van der Waals surface area contributed by atoms with Crippen LogP contribution in [0.15, 0.2) is 60.7 Å². The lowest BCUT2D eigenvalue weighted by atomic mass is 10.1. The highest BCUT2D eigenvalue weighted by Crippen LogP contribution is 2.23. The molecule has 27 heavy (non-hydrogen) atoms. The normalized spacial score (nSPS) is 10.3. The van der Waals surface area contributed by atoms with Gasteiger partial charge in [-0.25, -0.2) is 0 Å². The number of nitrogens with one attached hydrogen (secondary N) is 2. The molecule has 0 aliphatic heterocycles. The molecule has 3 rings (SSSR count). The molecule has 0 fully saturated rings. The molecule has 3 aromatic rings. The quantitative estimate of drug-likeness (QED) is 0.632. The van der Waals surface area contributed by atoms with Crippen molar-refractivity contribution < 1.29 is 4.74 Å². The minimum Gasteiger partial charge on any atom is -0.497 e. The van der Waals surface area contributed by atoms with E-state index in [0.29, 0.717) is 5.95 Å². The van der Waals surface area contributed by atoms with Gasteiger partial charge in [-0.3, -0.25) is 0 Å². The minimum atomic E-state index is 0.600. The number of methoxy groups -OCH3 is 1. The summed E-state index contributed by atoms with van der Waals surface area (Å²) in [4.78, 5) is 11.1. The lowest BCUT2D eigenvalue weighted by Gasteiger charge is -2.16. The molecule has 140 valence electrons. The molecule has 0 aliphatic carbocycles. The molecule has 1 aromatic heterocycles. The third kappa shape index (κ3) is 5.34. The van der Waals surface area contributed by atoms with Gasteiger partial charge in [0.1, 0.15) is 17.4 Å². The van der Waals surface area contributed by atoms with Crippen molar-refractivity contribution in [1.29, 1.82) is 0 Å². The van der Waals surface area contributed by atoms with Gasteiger partial charge in [-0.05, 0) is 24.1 Å². The highest BCUT2D eigenvalue weighted by molar-refractivity contribution is 5.62. The van der Waals surface area contributed by atoms with Crippen LogP contribution >= 0.6 is 0 Å². The van der Waals surface area contributed by atoms with E-state index in [1.807, 2.05) is 55.4 Å². The molecule has 0 amide bonds. The molecule has 0 saturated carbocycles. The summed E-state index contributed by atoms with van der Waals surface area (Å²) in [5.41, 5.74) is 2.19. The molecule has 0 spiro atoms. The monoisotopic (exact) mass is 363 g/mol. The second kappa shape index (κ2) is 8.89. The van der Waals surface area contributed by atoms with E-state index in [1.54, 1.807) is 7.11 Å². The van der Waals surface area contributed by atoms with E-state index < -0.39 is 0 Å². The van der Waals surface area contributed by atoms with Crippen LogP contribution in [-0.4, -0.2) is 37.7 Å². The Kier molecular flexibility index (Phi) is 6.10. The SMILES string of the molecule is COc1cccc(Nc2cc(N(C)C)nc(NCCc3ccccc3)n2)c1. The minimum absolute atomic E-state index is 0.600. The summed E-state index contributed by atoms with van der Waals surface area (Å²) in [5.74, 6) is 2.95. The number of hydrogen-bond donors (Lipinski definition) is 2. The van der Waals surface area contributed by atoms with E-state index in [0.717, 1.165) is 36.0 Å². The Hall–Kier alpha value is -3.28. The van der Waals surface area contributed by atoms with E-state index in [-0.39, 0.29) is 0 Å². The summed E-state index contributed by atoms with van der Waals surface area (Å²) >= 11 is 0. The van der Waals surface area contributed by atoms with Crippen LogP contribution in [0.3, 0.4) is 0 Å². The first-order chi connectivity index (χ1) is 13.1. The fourth-order valence-electron chi connectivity index (χ4n) is 2.62. The molecule has 6 heteroatoms. The third-order valence-corrected chi connectivity index (χ3v) is 4.05. The largest absolute Gasteiger partial charge is 0.497 e. The number of benzene rings is 2. The molecule has 1 heterocycles. The maximum absolute atomic E-state index is 5.28. The summed E-state index contributed by atoms with van der Waals surface area (Å²) < 4.78 is 5.28. The molecule has 0 radical (unpaired) electrons. The Morgan fingerprint density at radius 2 is 1.78 bits per heavy atom. The number of aromatic nitrogens is 2. The topological polar surface area (TPSA) is 62.3 Å². The van der Waals surface area contributed by atoms with E-state index >= 15 is 0 Å². The average Bonchev–Trinajstić information content (AvgIpc) is 2.69. The molecular formula is C21H25N5O. The van der Waals surface area contributed by atoms with Crippen molar-refractivity contribution in [2.75, 3.05) is 43.3 Å². The summed E-state index contributed by atoms with van der Waals surface area (Å²) in [6.45, 7) is 0.763. The summed E-state index contributed by atoms with van der Waals surface area (Å²) in [6, 6.07) is 20.0. The molecule has 6 nitrogen and oxygen atoms in total. The van der Waals surface area contributed by atoms with Crippen LogP contribution in [-0.2, 0) is 6.42 Å². The lowest BCUT2D eigenvalue weighted by molar-refractivity contribution is 0.415. The fraction of sp³-hybridized carbons (Fsp3) is 0.238. The predicted octanol–water partition coefficient (Wildman–Crippen LogP) is 3.95. The maximum atomic E-state index is 5.28. The first-order valence-electron chi connectivity index (χ1n) is 8.89. The van der Waals surface area contributed by atoms with E-state index in [4.69, 9.17) is 4.74 Å². The molecule has 0 aliphatic rings. The fourth-order valence-corrected chi connectivity index (χ4v) is 2.62. The van der Waals surface area contributed by atoms with Gasteiger partial charge in [0.25, 0.3) is 0 Å². The van der Waals surface area contributed by atoms with Gasteiger partial charge in [-0.15, -0.1) is 0 Å². The second-order valence-corrected chi connectivity index (χ2v) is 6.35. The van der Waals surface area contributed by atoms with Gasteiger partial charge in [0.15, 0.2) is 0 Å². The highest BCUT2D eigenvalue weighted by Gasteiger charge is 2.07. The lowest BCUT2D eigenvalue weighted by Crippen LogP contribution is -2.15. The standard InChI is InChI=1S/C21H25N5O/c1-26(2)20-15-19(23-17-10-7-11-18(14-17)27-3)24-21(25-20)22-13-12-16-8-5-4-6-9-16/h4-11,14-15H,12-13H2,1-3H3,(H2,22,23,24,25). The first-order valence-corrected chi connectivity index (χ1v) is 8.89. The number of anilines is 4. The number of rotatable bonds is 8. The van der Waals surface area contributed by atoms with E-state index in [2.05, 4.69) is 44.9 Å². The van der Waals surface area contributed by atoms with Crippen LogP contribution in [0.25, 0.3) is 0 Å². The summed E-state index contributed by atoms with van der Waals surface area (Å²) in [5, 5.41) is 6.65. The van der Waals surface area contributed by atoms with E-state index in [9.17, 15) is 0 Å². The number of ether oxygens (including phenoxy) is 1. The maximum Gasteiger partial charge on any atom is 0.226 e. The molecule has 0 atom stereocenters. The Morgan fingerprint density at radius 1 is 0.963 bits per heavy atom. The number of nitrogens with zero attached hydrogens (tertiary/aromatic N) is 3. The van der Waals surface area contributed by atoms with Gasteiger partial charge >= 0.3 is 0 Å². The van der Waals surface area contributed by atoms with Crippen molar-refractivity contribution in [2.24, 2.45) is 0 Å². The predicted molar refractivity (Wildman–Crippen MR) is 111 cm³/mol. The Balaban J connectivity index is 1.73. The van der Waals surface area contributed by atoms with Crippen LogP contribution in [0.4, 0.5) is 23.3 Å². The van der Waals surface area contributed by atoms with Crippen molar-refractivity contribution >= 4 is 23.3 Å². The van der Waals surface area contributed by atoms with Crippen LogP contribution in [0.1, 0.15) is 5.56 Å². The van der Waals surface area contributed by atoms with Gasteiger partial charge in [0.2, 0.25) is 5.95 Å². The van der Waals surface area contributed by atoms with Gasteiger partial charge in [-0.2, -0.15) is 9.97 Å². The van der Waals surface area contributed by atoms with Gasteiger partial charge in [0, 0.05) is 38.5 Å². The van der Waals surface area contributed by atoms with Gasteiger partial charge < -0.3 is 20.3 Å². The first kappa shape index (κ1) is 18.5. The van der Waals surface area contributed by atoms with Crippen molar-refractivity contribution in [3.05, 3.63) is 66.2 Å². The summed E-state index contributed by atoms with van der Waals surface area (Å²) in [7, 11) is 5.58. The Labute approximate surface area is 160 Å². The zero-order chi connectivity index (χ0) is 19.1. The molecule has 0 unspecified atom stereocenters. The molecular weight excluding hydrogens is 338 g/mol. The summed E-state index contributed by atoms with van der Waals surface area (Å²) in [6.07, 6.45) is 0.912. The molecule has 0 bridgehead atoms. The second-order valence-electron chi connectivity index (χ2n) is 6.35. The zero-order valence-corrected chi connectivity index (χ0v) is 15.9. The van der Waals surface area contributed by atoms with Gasteiger partial charge in [0.05, 0.1) is 7.11 Å². The highest BCUT2D eigenvalue weighted by atomic mass is 16.5. The zero-order valence-electron chi connectivity index (χ0n) is 15.9. The van der Waals surface area contributed by atoms with Crippen molar-refractivity contribution in [1.82, 2.24) is 9.97 Å². The average molecular weight is 363 g/mol.